The number of anilines is 3. The summed E-state index contributed by atoms with van der Waals surface area (Å²) in [6, 6.07) is 58.9. The predicted molar refractivity (Wildman–Crippen MR) is 197 cm³/mol. The Morgan fingerprint density at radius 1 is 0.404 bits per heavy atom. The molecule has 1 heterocycles. The molecule has 224 valence electrons. The largest absolute Gasteiger partial charge is 0.456 e. The van der Waals surface area contributed by atoms with Crippen molar-refractivity contribution < 1.29 is 4.42 Å². The molecule has 0 saturated carbocycles. The average Bonchev–Trinajstić information content (AvgIpc) is 3.61. The van der Waals surface area contributed by atoms with E-state index in [-0.39, 0.29) is 5.41 Å². The molecule has 1 aliphatic carbocycles. The molecule has 0 amide bonds. The molecule has 0 saturated heterocycles. The van der Waals surface area contributed by atoms with Crippen LogP contribution in [0.3, 0.4) is 0 Å². The van der Waals surface area contributed by atoms with Gasteiger partial charge in [-0.05, 0) is 105 Å². The second-order valence-electron chi connectivity index (χ2n) is 13.0. The molecular weight excluding hydrogens is 571 g/mol. The van der Waals surface area contributed by atoms with Crippen molar-refractivity contribution in [3.05, 3.63) is 175 Å². The fraction of sp³-hybridized carbons (Fsp3) is 0.0667. The summed E-state index contributed by atoms with van der Waals surface area (Å²) in [5.41, 5.74) is 15.3. The zero-order chi connectivity index (χ0) is 31.5. The molecule has 47 heavy (non-hydrogen) atoms. The highest BCUT2D eigenvalue weighted by Crippen LogP contribution is 2.51. The Kier molecular flexibility index (Phi) is 6.20. The first-order chi connectivity index (χ1) is 23.0. The Morgan fingerprint density at radius 3 is 1.72 bits per heavy atom. The van der Waals surface area contributed by atoms with E-state index in [4.69, 9.17) is 4.42 Å². The zero-order valence-electron chi connectivity index (χ0n) is 26.4. The van der Waals surface area contributed by atoms with Gasteiger partial charge in [0.1, 0.15) is 11.2 Å². The van der Waals surface area contributed by atoms with Crippen molar-refractivity contribution in [2.45, 2.75) is 19.3 Å². The molecule has 9 rings (SSSR count). The third-order valence-electron chi connectivity index (χ3n) is 9.87. The highest BCUT2D eigenvalue weighted by Gasteiger charge is 2.36. The third-order valence-corrected chi connectivity index (χ3v) is 9.87. The van der Waals surface area contributed by atoms with Gasteiger partial charge in [-0.1, -0.05) is 117 Å². The van der Waals surface area contributed by atoms with Crippen LogP contribution in [0.5, 0.6) is 0 Å². The summed E-state index contributed by atoms with van der Waals surface area (Å²) in [6.07, 6.45) is 0. The number of furan rings is 1. The summed E-state index contributed by atoms with van der Waals surface area (Å²) in [5, 5.41) is 2.31. The van der Waals surface area contributed by atoms with Crippen LogP contribution in [0.4, 0.5) is 17.1 Å². The summed E-state index contributed by atoms with van der Waals surface area (Å²) in [6.45, 7) is 4.72. The monoisotopic (exact) mass is 603 g/mol. The Bertz CT molecular complexity index is 2420. The summed E-state index contributed by atoms with van der Waals surface area (Å²) in [5.74, 6) is 0. The number of rotatable bonds is 5. The van der Waals surface area contributed by atoms with Gasteiger partial charge in [-0.15, -0.1) is 0 Å². The molecule has 2 nitrogen and oxygen atoms in total. The van der Waals surface area contributed by atoms with Crippen molar-refractivity contribution in [1.82, 2.24) is 0 Å². The molecule has 7 aromatic carbocycles. The second kappa shape index (κ2) is 10.6. The van der Waals surface area contributed by atoms with Gasteiger partial charge in [0, 0.05) is 33.2 Å². The van der Waals surface area contributed by atoms with Crippen molar-refractivity contribution in [3.63, 3.8) is 0 Å². The van der Waals surface area contributed by atoms with Gasteiger partial charge in [0.05, 0.1) is 0 Å². The maximum absolute atomic E-state index is 6.11. The molecule has 8 aromatic rings. The first-order valence-corrected chi connectivity index (χ1v) is 16.3. The van der Waals surface area contributed by atoms with E-state index in [1.54, 1.807) is 0 Å². The van der Waals surface area contributed by atoms with E-state index >= 15 is 0 Å². The SMILES string of the molecule is CC1(C)c2cc(-c3ccc4oc5ccccc5c4c3)ccc2-c2ccc(N(c3ccccc3)c3ccc(-c4ccccc4)cc3)cc21. The maximum Gasteiger partial charge on any atom is 0.135 e. The molecule has 0 aliphatic heterocycles. The molecule has 0 bridgehead atoms. The molecule has 0 atom stereocenters. The summed E-state index contributed by atoms with van der Waals surface area (Å²) < 4.78 is 6.11. The van der Waals surface area contributed by atoms with Crippen molar-refractivity contribution in [2.24, 2.45) is 0 Å². The maximum atomic E-state index is 6.11. The topological polar surface area (TPSA) is 16.4 Å². The minimum atomic E-state index is -0.164. The van der Waals surface area contributed by atoms with Gasteiger partial charge >= 0.3 is 0 Å². The Balaban J connectivity index is 1.11. The predicted octanol–water partition coefficient (Wildman–Crippen LogP) is 12.7. The van der Waals surface area contributed by atoms with Gasteiger partial charge in [-0.25, -0.2) is 0 Å². The van der Waals surface area contributed by atoms with Crippen LogP contribution in [-0.4, -0.2) is 0 Å². The molecule has 0 fully saturated rings. The van der Waals surface area contributed by atoms with E-state index in [0.29, 0.717) is 0 Å². The van der Waals surface area contributed by atoms with E-state index in [9.17, 15) is 0 Å². The first kappa shape index (κ1) is 27.5. The number of nitrogens with zero attached hydrogens (tertiary/aromatic N) is 1. The molecule has 0 N–H and O–H groups in total. The van der Waals surface area contributed by atoms with Crippen molar-refractivity contribution in [3.8, 4) is 33.4 Å². The lowest BCUT2D eigenvalue weighted by Crippen LogP contribution is -2.16. The average molecular weight is 604 g/mol. The molecule has 0 spiro atoms. The fourth-order valence-electron chi connectivity index (χ4n) is 7.41. The molecular formula is C45H33NO. The summed E-state index contributed by atoms with van der Waals surface area (Å²) >= 11 is 0. The standard InChI is InChI=1S/C45H33NO/c1-45(2)41-28-33(32-20-26-44-40(27-32)39-15-9-10-16-43(39)47-44)19-24-37(41)38-25-23-36(29-42(38)45)46(34-13-7-4-8-14-34)35-21-17-31(18-22-35)30-11-5-3-6-12-30/h3-29H,1-2H3. The van der Waals surface area contributed by atoms with Crippen LogP contribution in [0.2, 0.25) is 0 Å². The van der Waals surface area contributed by atoms with E-state index < -0.39 is 0 Å². The van der Waals surface area contributed by atoms with Gasteiger partial charge in [0.2, 0.25) is 0 Å². The zero-order valence-corrected chi connectivity index (χ0v) is 26.4. The summed E-state index contributed by atoms with van der Waals surface area (Å²) in [7, 11) is 0. The second-order valence-corrected chi connectivity index (χ2v) is 13.0. The van der Waals surface area contributed by atoms with Gasteiger partial charge in [-0.3, -0.25) is 0 Å². The molecule has 2 heteroatoms. The normalized spacial score (nSPS) is 13.1. The number of hydrogen-bond donors (Lipinski definition) is 0. The van der Waals surface area contributed by atoms with Gasteiger partial charge in [-0.2, -0.15) is 0 Å². The smallest absolute Gasteiger partial charge is 0.135 e. The van der Waals surface area contributed by atoms with Crippen LogP contribution in [0.15, 0.2) is 168 Å². The van der Waals surface area contributed by atoms with Crippen LogP contribution < -0.4 is 4.90 Å². The minimum Gasteiger partial charge on any atom is -0.456 e. The van der Waals surface area contributed by atoms with Gasteiger partial charge < -0.3 is 9.32 Å². The van der Waals surface area contributed by atoms with E-state index in [1.807, 2.05) is 12.1 Å². The third kappa shape index (κ3) is 4.48. The van der Waals surface area contributed by atoms with Crippen LogP contribution in [0.1, 0.15) is 25.0 Å². The highest BCUT2D eigenvalue weighted by atomic mass is 16.3. The minimum absolute atomic E-state index is 0.164. The highest BCUT2D eigenvalue weighted by molar-refractivity contribution is 6.06. The summed E-state index contributed by atoms with van der Waals surface area (Å²) in [4.78, 5) is 2.37. The van der Waals surface area contributed by atoms with E-state index in [0.717, 1.165) is 39.0 Å². The fourth-order valence-corrected chi connectivity index (χ4v) is 7.41. The van der Waals surface area contributed by atoms with Crippen molar-refractivity contribution >= 4 is 39.0 Å². The van der Waals surface area contributed by atoms with Crippen LogP contribution in [-0.2, 0) is 5.41 Å². The van der Waals surface area contributed by atoms with Crippen LogP contribution in [0.25, 0.3) is 55.3 Å². The number of fused-ring (bicyclic) bond motifs is 6. The lowest BCUT2D eigenvalue weighted by Gasteiger charge is -2.28. The van der Waals surface area contributed by atoms with E-state index in [1.165, 1.54) is 44.5 Å². The van der Waals surface area contributed by atoms with Gasteiger partial charge in [0.25, 0.3) is 0 Å². The Hall–Kier alpha value is -5.86. The lowest BCUT2D eigenvalue weighted by molar-refractivity contribution is 0.660. The molecule has 1 aliphatic rings. The van der Waals surface area contributed by atoms with Crippen molar-refractivity contribution in [2.75, 3.05) is 4.90 Å². The van der Waals surface area contributed by atoms with Crippen LogP contribution in [0, 0.1) is 0 Å². The number of para-hydroxylation sites is 2. The number of benzene rings is 7. The molecule has 0 radical (unpaired) electrons. The van der Waals surface area contributed by atoms with Crippen LogP contribution >= 0.6 is 0 Å². The first-order valence-electron chi connectivity index (χ1n) is 16.3. The van der Waals surface area contributed by atoms with E-state index in [2.05, 4.69) is 170 Å². The van der Waals surface area contributed by atoms with Crippen molar-refractivity contribution in [1.29, 1.82) is 0 Å². The Morgan fingerprint density at radius 2 is 0.936 bits per heavy atom. The molecule has 1 aromatic heterocycles. The molecule has 0 unspecified atom stereocenters. The quantitative estimate of drug-likeness (QED) is 0.195. The Labute approximate surface area is 275 Å². The lowest BCUT2D eigenvalue weighted by atomic mass is 9.81. The van der Waals surface area contributed by atoms with Gasteiger partial charge in [0.15, 0.2) is 0 Å². The number of hydrogen-bond acceptors (Lipinski definition) is 2.